The van der Waals surface area contributed by atoms with E-state index in [0.29, 0.717) is 26.2 Å². The van der Waals surface area contributed by atoms with Crippen LogP contribution in [-0.2, 0) is 19.7 Å². The van der Waals surface area contributed by atoms with Crippen molar-refractivity contribution in [2.75, 3.05) is 19.8 Å². The van der Waals surface area contributed by atoms with Crippen LogP contribution in [0.1, 0.15) is 31.7 Å². The van der Waals surface area contributed by atoms with E-state index in [1.807, 2.05) is 12.1 Å². The van der Waals surface area contributed by atoms with Gasteiger partial charge in [-0.1, -0.05) is 22.9 Å². The normalized spacial score (nSPS) is 38.0. The van der Waals surface area contributed by atoms with E-state index in [9.17, 15) is 0 Å². The van der Waals surface area contributed by atoms with Crippen LogP contribution in [0.2, 0.25) is 0 Å². The Morgan fingerprint density at radius 3 is 2.80 bits per heavy atom. The molecule has 7 heteroatoms. The zero-order valence-corrected chi connectivity index (χ0v) is 15.7. The predicted molar refractivity (Wildman–Crippen MR) is 94.4 cm³/mol. The van der Waals surface area contributed by atoms with E-state index in [1.165, 1.54) is 0 Å². The van der Waals surface area contributed by atoms with Crippen molar-refractivity contribution < 1.29 is 18.9 Å². The van der Waals surface area contributed by atoms with Gasteiger partial charge in [-0.2, -0.15) is 0 Å². The van der Waals surface area contributed by atoms with Crippen LogP contribution >= 0.6 is 15.9 Å². The van der Waals surface area contributed by atoms with Crippen LogP contribution in [0.15, 0.2) is 27.7 Å². The number of aliphatic imine (C=N–C) groups is 1. The van der Waals surface area contributed by atoms with E-state index < -0.39 is 11.3 Å². The lowest BCUT2D eigenvalue weighted by Gasteiger charge is -2.56. The molecule has 2 spiro atoms. The molecule has 0 radical (unpaired) electrons. The summed E-state index contributed by atoms with van der Waals surface area (Å²) >= 11 is 3.58. The van der Waals surface area contributed by atoms with Crippen LogP contribution in [0.5, 0.6) is 5.75 Å². The summed E-state index contributed by atoms with van der Waals surface area (Å²) in [5.41, 5.74) is 6.05. The molecule has 3 aliphatic heterocycles. The van der Waals surface area contributed by atoms with Crippen LogP contribution in [0.4, 0.5) is 0 Å². The zero-order chi connectivity index (χ0) is 17.3. The summed E-state index contributed by atoms with van der Waals surface area (Å²) in [7, 11) is 0. The van der Waals surface area contributed by atoms with E-state index in [-0.39, 0.29) is 17.5 Å². The Labute approximate surface area is 154 Å². The Bertz CT molecular complexity index is 763. The molecule has 2 N–H and O–H groups in total. The second-order valence-electron chi connectivity index (χ2n) is 7.59. The largest absolute Gasteiger partial charge is 0.489 e. The molecular weight excluding hydrogens is 388 g/mol. The smallest absolute Gasteiger partial charge is 0.283 e. The van der Waals surface area contributed by atoms with Gasteiger partial charge in [-0.25, -0.2) is 4.99 Å². The SMILES string of the molecule is C[C@]12CC3(CC[C@@H]1Oc1ccc(Br)cc1C21COC(N)=N1)OCCO3. The summed E-state index contributed by atoms with van der Waals surface area (Å²) in [4.78, 5) is 4.83. The van der Waals surface area contributed by atoms with Crippen molar-refractivity contribution in [3.63, 3.8) is 0 Å². The van der Waals surface area contributed by atoms with Gasteiger partial charge in [0.2, 0.25) is 0 Å². The number of ether oxygens (including phenoxy) is 4. The van der Waals surface area contributed by atoms with Crippen LogP contribution in [0.25, 0.3) is 0 Å². The number of benzene rings is 1. The third-order valence-electron chi connectivity index (χ3n) is 6.28. The van der Waals surface area contributed by atoms with Gasteiger partial charge in [-0.15, -0.1) is 0 Å². The monoisotopic (exact) mass is 408 g/mol. The van der Waals surface area contributed by atoms with Crippen LogP contribution in [-0.4, -0.2) is 37.7 Å². The molecule has 1 aliphatic carbocycles. The van der Waals surface area contributed by atoms with Gasteiger partial charge in [-0.3, -0.25) is 0 Å². The maximum Gasteiger partial charge on any atom is 0.283 e. The molecule has 1 saturated carbocycles. The highest BCUT2D eigenvalue weighted by Crippen LogP contribution is 2.62. The summed E-state index contributed by atoms with van der Waals surface area (Å²) in [6, 6.07) is 6.30. The first-order valence-corrected chi connectivity index (χ1v) is 9.49. The Hall–Kier alpha value is -1.31. The molecule has 0 bridgehead atoms. The molecule has 3 heterocycles. The first-order chi connectivity index (χ1) is 12.0. The quantitative estimate of drug-likeness (QED) is 0.713. The van der Waals surface area contributed by atoms with E-state index in [4.69, 9.17) is 29.7 Å². The molecule has 134 valence electrons. The summed E-state index contributed by atoms with van der Waals surface area (Å²) in [5.74, 6) is 0.315. The number of fused-ring (bicyclic) bond motifs is 4. The number of nitrogens with zero attached hydrogens (tertiary/aromatic N) is 1. The van der Waals surface area contributed by atoms with E-state index in [2.05, 4.69) is 28.9 Å². The Morgan fingerprint density at radius 1 is 1.28 bits per heavy atom. The van der Waals surface area contributed by atoms with Gasteiger partial charge in [0.1, 0.15) is 24.0 Å². The number of halogens is 1. The van der Waals surface area contributed by atoms with E-state index in [0.717, 1.165) is 28.6 Å². The average molecular weight is 409 g/mol. The summed E-state index contributed by atoms with van der Waals surface area (Å²) in [5, 5.41) is 0. The molecule has 2 fully saturated rings. The second kappa shape index (κ2) is 5.11. The first kappa shape index (κ1) is 15.9. The van der Waals surface area contributed by atoms with Crippen molar-refractivity contribution in [2.24, 2.45) is 16.1 Å². The number of hydrogen-bond donors (Lipinski definition) is 1. The van der Waals surface area contributed by atoms with Crippen molar-refractivity contribution in [1.82, 2.24) is 0 Å². The second-order valence-corrected chi connectivity index (χ2v) is 8.50. The molecule has 0 aromatic heterocycles. The van der Waals surface area contributed by atoms with Gasteiger partial charge >= 0.3 is 0 Å². The Balaban J connectivity index is 1.69. The fourth-order valence-corrected chi connectivity index (χ4v) is 5.39. The fraction of sp³-hybridized carbons (Fsp3) is 0.611. The van der Waals surface area contributed by atoms with Crippen LogP contribution < -0.4 is 10.5 Å². The van der Waals surface area contributed by atoms with E-state index in [1.54, 1.807) is 0 Å². The molecule has 1 saturated heterocycles. The Morgan fingerprint density at radius 2 is 2.08 bits per heavy atom. The van der Waals surface area contributed by atoms with Crippen LogP contribution in [0, 0.1) is 5.41 Å². The molecule has 1 aromatic rings. The fourth-order valence-electron chi connectivity index (χ4n) is 5.03. The third kappa shape index (κ3) is 2.06. The lowest BCUT2D eigenvalue weighted by atomic mass is 9.56. The summed E-state index contributed by atoms with van der Waals surface area (Å²) in [6.45, 7) is 3.89. The zero-order valence-electron chi connectivity index (χ0n) is 14.1. The minimum Gasteiger partial charge on any atom is -0.489 e. The summed E-state index contributed by atoms with van der Waals surface area (Å²) < 4.78 is 25.1. The number of rotatable bonds is 0. The van der Waals surface area contributed by atoms with Gasteiger partial charge in [0.05, 0.1) is 13.2 Å². The highest BCUT2D eigenvalue weighted by Gasteiger charge is 2.66. The number of amidine groups is 1. The highest BCUT2D eigenvalue weighted by atomic mass is 79.9. The Kier molecular flexibility index (Phi) is 3.25. The minimum atomic E-state index is -0.595. The van der Waals surface area contributed by atoms with Gasteiger partial charge in [0, 0.05) is 28.3 Å². The standard InChI is InChI=1S/C18H21BrN2O4/c1-16-9-17(23-6-7-24-17)5-4-14(16)25-13-3-2-11(19)8-12(13)18(16)10-22-15(20)21-18/h2-3,8,14H,4-7,9-10H2,1H3,(H2,20,21)/t14-,16-,18?/m0/s1. The molecule has 25 heavy (non-hydrogen) atoms. The van der Waals surface area contributed by atoms with Gasteiger partial charge in [0.25, 0.3) is 6.02 Å². The van der Waals surface area contributed by atoms with Crippen molar-refractivity contribution >= 4 is 22.0 Å². The van der Waals surface area contributed by atoms with Gasteiger partial charge in [-0.05, 0) is 24.6 Å². The number of nitrogens with two attached hydrogens (primary N) is 1. The first-order valence-electron chi connectivity index (χ1n) is 8.69. The van der Waals surface area contributed by atoms with Gasteiger partial charge < -0.3 is 24.7 Å². The topological polar surface area (TPSA) is 75.3 Å². The molecule has 3 atom stereocenters. The molecule has 5 rings (SSSR count). The maximum absolute atomic E-state index is 6.42. The molecular formula is C18H21BrN2O4. The highest BCUT2D eigenvalue weighted by molar-refractivity contribution is 9.10. The summed E-state index contributed by atoms with van der Waals surface area (Å²) in [6.07, 6.45) is 2.40. The van der Waals surface area contributed by atoms with Crippen molar-refractivity contribution in [3.8, 4) is 5.75 Å². The molecule has 6 nitrogen and oxygen atoms in total. The molecule has 1 aromatic carbocycles. The van der Waals surface area contributed by atoms with Crippen molar-refractivity contribution in [2.45, 2.75) is 43.6 Å². The third-order valence-corrected chi connectivity index (χ3v) is 6.77. The van der Waals surface area contributed by atoms with Crippen LogP contribution in [0.3, 0.4) is 0 Å². The van der Waals surface area contributed by atoms with Crippen molar-refractivity contribution in [1.29, 1.82) is 0 Å². The van der Waals surface area contributed by atoms with E-state index >= 15 is 0 Å². The molecule has 0 amide bonds. The average Bonchev–Trinajstić information content (AvgIpc) is 3.19. The van der Waals surface area contributed by atoms with Gasteiger partial charge in [0.15, 0.2) is 5.79 Å². The maximum atomic E-state index is 6.42. The number of hydrogen-bond acceptors (Lipinski definition) is 6. The minimum absolute atomic E-state index is 0.0119. The molecule has 1 unspecified atom stereocenters. The predicted octanol–water partition coefficient (Wildman–Crippen LogP) is 2.68. The van der Waals surface area contributed by atoms with Crippen molar-refractivity contribution in [3.05, 3.63) is 28.2 Å². The lowest BCUT2D eigenvalue weighted by Crippen LogP contribution is -2.62. The lowest BCUT2D eigenvalue weighted by molar-refractivity contribution is -0.235. The molecule has 4 aliphatic rings.